The summed E-state index contributed by atoms with van der Waals surface area (Å²) in [5.41, 5.74) is 1.99. The number of hydrogen-bond acceptors (Lipinski definition) is 5. The molecule has 0 unspecified atom stereocenters. The molecule has 0 saturated heterocycles. The average Bonchev–Trinajstić information content (AvgIpc) is 2.95. The number of hydrazone groups is 1. The highest BCUT2D eigenvalue weighted by Gasteiger charge is 2.29. The molecule has 2 aromatic carbocycles. The lowest BCUT2D eigenvalue weighted by Gasteiger charge is -2.11. The molecule has 0 saturated carbocycles. The van der Waals surface area contributed by atoms with E-state index in [-0.39, 0.29) is 11.6 Å². The van der Waals surface area contributed by atoms with E-state index in [1.807, 2.05) is 25.1 Å². The van der Waals surface area contributed by atoms with Gasteiger partial charge in [-0.2, -0.15) is 10.1 Å². The minimum atomic E-state index is -0.473. The molecule has 0 spiro atoms. The highest BCUT2D eigenvalue weighted by Crippen LogP contribution is 2.30. The molecule has 138 valence electrons. The van der Waals surface area contributed by atoms with Crippen LogP contribution in [-0.4, -0.2) is 23.1 Å². The molecule has 0 bridgehead atoms. The van der Waals surface area contributed by atoms with Crippen molar-refractivity contribution < 1.29 is 14.5 Å². The number of hydrogen-bond donors (Lipinski definition) is 0. The van der Waals surface area contributed by atoms with Gasteiger partial charge in [-0.15, -0.1) is 0 Å². The van der Waals surface area contributed by atoms with Crippen LogP contribution in [0.1, 0.15) is 25.8 Å². The number of benzene rings is 2. The maximum absolute atomic E-state index is 12.8. The molecule has 1 aliphatic heterocycles. The molecular weight excluding hydrogens is 346 g/mol. The Hall–Kier alpha value is -3.48. The van der Waals surface area contributed by atoms with Crippen LogP contribution in [0, 0.1) is 10.1 Å². The Morgan fingerprint density at radius 3 is 2.63 bits per heavy atom. The zero-order chi connectivity index (χ0) is 19.4. The minimum absolute atomic E-state index is 0.0642. The second-order valence-corrected chi connectivity index (χ2v) is 6.02. The van der Waals surface area contributed by atoms with Crippen molar-refractivity contribution in [2.45, 2.75) is 20.3 Å². The van der Waals surface area contributed by atoms with Crippen LogP contribution < -0.4 is 9.75 Å². The number of nitro groups is 1. The van der Waals surface area contributed by atoms with Gasteiger partial charge in [-0.25, -0.2) is 0 Å². The van der Waals surface area contributed by atoms with Crippen molar-refractivity contribution in [3.05, 3.63) is 69.8 Å². The molecule has 3 rings (SSSR count). The zero-order valence-corrected chi connectivity index (χ0v) is 15.1. The van der Waals surface area contributed by atoms with E-state index in [1.165, 1.54) is 17.1 Å². The van der Waals surface area contributed by atoms with E-state index < -0.39 is 4.92 Å². The summed E-state index contributed by atoms with van der Waals surface area (Å²) in [7, 11) is 0. The van der Waals surface area contributed by atoms with E-state index in [0.29, 0.717) is 34.9 Å². The van der Waals surface area contributed by atoms with Gasteiger partial charge in [-0.3, -0.25) is 14.9 Å². The summed E-state index contributed by atoms with van der Waals surface area (Å²) in [5, 5.41) is 16.8. The summed E-state index contributed by atoms with van der Waals surface area (Å²) in [6.45, 7) is 4.18. The van der Waals surface area contributed by atoms with Crippen molar-refractivity contribution in [2.75, 3.05) is 11.6 Å². The van der Waals surface area contributed by atoms with Crippen LogP contribution in [0.4, 0.5) is 11.4 Å². The van der Waals surface area contributed by atoms with E-state index in [4.69, 9.17) is 4.74 Å². The Kier molecular flexibility index (Phi) is 5.30. The van der Waals surface area contributed by atoms with E-state index in [2.05, 4.69) is 5.10 Å². The van der Waals surface area contributed by atoms with Crippen LogP contribution in [0.2, 0.25) is 0 Å². The standard InChI is InChI=1S/C20H19N3O4/c1-3-11-27-19-10-9-17(23(25)26)12-15(19)13-18-14(2)21-22(20(18)24)16-7-5-4-6-8-16/h4-10,12-13H,3,11H2,1-2H3/b18-13-. The van der Waals surface area contributed by atoms with Crippen molar-refractivity contribution in [3.8, 4) is 5.75 Å². The van der Waals surface area contributed by atoms with Crippen LogP contribution >= 0.6 is 0 Å². The molecule has 0 N–H and O–H groups in total. The quantitative estimate of drug-likeness (QED) is 0.436. The van der Waals surface area contributed by atoms with Gasteiger partial charge >= 0.3 is 0 Å². The molecule has 1 amide bonds. The van der Waals surface area contributed by atoms with Gasteiger partial charge < -0.3 is 4.74 Å². The van der Waals surface area contributed by atoms with Crippen molar-refractivity contribution in [2.24, 2.45) is 5.10 Å². The van der Waals surface area contributed by atoms with Crippen LogP contribution in [0.15, 0.2) is 59.2 Å². The van der Waals surface area contributed by atoms with Gasteiger partial charge in [0.1, 0.15) is 5.75 Å². The summed E-state index contributed by atoms with van der Waals surface area (Å²) in [4.78, 5) is 23.5. The highest BCUT2D eigenvalue weighted by molar-refractivity contribution is 6.32. The largest absolute Gasteiger partial charge is 0.493 e. The smallest absolute Gasteiger partial charge is 0.280 e. The molecular formula is C20H19N3O4. The number of nitrogens with zero attached hydrogens (tertiary/aromatic N) is 3. The maximum Gasteiger partial charge on any atom is 0.280 e. The molecule has 0 aliphatic carbocycles. The van der Waals surface area contributed by atoms with Gasteiger partial charge in [-0.05, 0) is 37.6 Å². The van der Waals surface area contributed by atoms with Gasteiger partial charge in [0.25, 0.3) is 11.6 Å². The first-order valence-electron chi connectivity index (χ1n) is 8.59. The molecule has 27 heavy (non-hydrogen) atoms. The van der Waals surface area contributed by atoms with Crippen LogP contribution in [-0.2, 0) is 4.79 Å². The van der Waals surface area contributed by atoms with Gasteiger partial charge in [0.2, 0.25) is 0 Å². The number of carbonyl (C=O) groups is 1. The molecule has 0 atom stereocenters. The lowest BCUT2D eigenvalue weighted by Crippen LogP contribution is -2.21. The van der Waals surface area contributed by atoms with Gasteiger partial charge in [0, 0.05) is 17.7 Å². The average molecular weight is 365 g/mol. The predicted molar refractivity (Wildman–Crippen MR) is 104 cm³/mol. The number of rotatable bonds is 6. The lowest BCUT2D eigenvalue weighted by molar-refractivity contribution is -0.384. The van der Waals surface area contributed by atoms with Crippen molar-refractivity contribution in [1.29, 1.82) is 0 Å². The highest BCUT2D eigenvalue weighted by atomic mass is 16.6. The third kappa shape index (κ3) is 3.87. The summed E-state index contributed by atoms with van der Waals surface area (Å²) in [6, 6.07) is 13.4. The number of amides is 1. The molecule has 0 fully saturated rings. The first kappa shape index (κ1) is 18.3. The Morgan fingerprint density at radius 2 is 1.96 bits per heavy atom. The van der Waals surface area contributed by atoms with Crippen molar-refractivity contribution >= 4 is 29.1 Å². The Labute approximate surface area is 156 Å². The summed E-state index contributed by atoms with van der Waals surface area (Å²) in [6.07, 6.45) is 2.40. The molecule has 2 aromatic rings. The summed E-state index contributed by atoms with van der Waals surface area (Å²) < 4.78 is 5.68. The second kappa shape index (κ2) is 7.82. The first-order valence-corrected chi connectivity index (χ1v) is 8.59. The normalized spacial score (nSPS) is 15.2. The van der Waals surface area contributed by atoms with Gasteiger partial charge in [0.15, 0.2) is 0 Å². The summed E-state index contributed by atoms with van der Waals surface area (Å²) in [5.74, 6) is 0.209. The molecule has 1 heterocycles. The molecule has 7 heteroatoms. The van der Waals surface area contributed by atoms with Crippen molar-refractivity contribution in [1.82, 2.24) is 0 Å². The monoisotopic (exact) mass is 365 g/mol. The second-order valence-electron chi connectivity index (χ2n) is 6.02. The number of anilines is 1. The predicted octanol–water partition coefficient (Wildman–Crippen LogP) is 4.19. The van der Waals surface area contributed by atoms with Crippen LogP contribution in [0.5, 0.6) is 5.75 Å². The van der Waals surface area contributed by atoms with Crippen LogP contribution in [0.3, 0.4) is 0 Å². The fraction of sp³-hybridized carbons (Fsp3) is 0.200. The molecule has 7 nitrogen and oxygen atoms in total. The topological polar surface area (TPSA) is 85.0 Å². The van der Waals surface area contributed by atoms with E-state index >= 15 is 0 Å². The van der Waals surface area contributed by atoms with Crippen molar-refractivity contribution in [3.63, 3.8) is 0 Å². The van der Waals surface area contributed by atoms with Gasteiger partial charge in [-0.1, -0.05) is 25.1 Å². The number of para-hydroxylation sites is 1. The number of nitro benzene ring substituents is 1. The van der Waals surface area contributed by atoms with Crippen LogP contribution in [0.25, 0.3) is 6.08 Å². The fourth-order valence-corrected chi connectivity index (χ4v) is 2.69. The fourth-order valence-electron chi connectivity index (χ4n) is 2.69. The Morgan fingerprint density at radius 1 is 1.22 bits per heavy atom. The number of non-ortho nitro benzene ring substituents is 1. The first-order chi connectivity index (χ1) is 13.0. The maximum atomic E-state index is 12.8. The van der Waals surface area contributed by atoms with Gasteiger partial charge in [0.05, 0.1) is 28.5 Å². The number of carbonyl (C=O) groups excluding carboxylic acids is 1. The van der Waals surface area contributed by atoms with E-state index in [1.54, 1.807) is 31.2 Å². The SMILES string of the molecule is CCCOc1ccc([N+](=O)[O-])cc1/C=C1\C(=O)N(c2ccccc2)N=C1C. The molecule has 1 aliphatic rings. The Bertz CT molecular complexity index is 935. The third-order valence-corrected chi connectivity index (χ3v) is 4.03. The molecule has 0 aromatic heterocycles. The van der Waals surface area contributed by atoms with E-state index in [9.17, 15) is 14.9 Å². The minimum Gasteiger partial charge on any atom is -0.493 e. The number of ether oxygens (including phenoxy) is 1. The third-order valence-electron chi connectivity index (χ3n) is 4.03. The molecule has 0 radical (unpaired) electrons. The summed E-state index contributed by atoms with van der Waals surface area (Å²) >= 11 is 0. The van der Waals surface area contributed by atoms with E-state index in [0.717, 1.165) is 6.42 Å². The zero-order valence-electron chi connectivity index (χ0n) is 15.1. The Balaban J connectivity index is 2.00. The lowest BCUT2D eigenvalue weighted by atomic mass is 10.1.